The van der Waals surface area contributed by atoms with E-state index in [9.17, 15) is 9.18 Å². The third-order valence-electron chi connectivity index (χ3n) is 3.67. The normalized spacial score (nSPS) is 28.2. The van der Waals surface area contributed by atoms with Crippen molar-refractivity contribution in [3.05, 3.63) is 35.6 Å². The fraction of sp³-hybridized carbons (Fsp3) is 0.462. The van der Waals surface area contributed by atoms with Gasteiger partial charge >= 0.3 is 0 Å². The standard InChI is InChI=1S/C13H15FN2O.ClH/c14-9-3-1-2-8(4-9)5-12(17)16-13-10-6-15-7-11(10)13;/h1-4,10-11,13,15H,5-7H2,(H,16,17);1H. The molecule has 18 heavy (non-hydrogen) atoms. The minimum atomic E-state index is -0.289. The number of carbonyl (C=O) groups excluding carboxylic acids is 1. The van der Waals surface area contributed by atoms with Gasteiger partial charge in [-0.05, 0) is 29.5 Å². The highest BCUT2D eigenvalue weighted by Crippen LogP contribution is 2.41. The van der Waals surface area contributed by atoms with Crippen molar-refractivity contribution in [3.8, 4) is 0 Å². The second-order valence-electron chi connectivity index (χ2n) is 4.89. The number of hydrogen-bond acceptors (Lipinski definition) is 2. The lowest BCUT2D eigenvalue weighted by atomic mass is 10.1. The van der Waals surface area contributed by atoms with E-state index >= 15 is 0 Å². The highest BCUT2D eigenvalue weighted by atomic mass is 35.5. The minimum absolute atomic E-state index is 0. The first-order valence-corrected chi connectivity index (χ1v) is 5.98. The quantitative estimate of drug-likeness (QED) is 0.864. The Morgan fingerprint density at radius 3 is 2.78 bits per heavy atom. The first kappa shape index (κ1) is 13.3. The summed E-state index contributed by atoms with van der Waals surface area (Å²) >= 11 is 0. The number of piperidine rings is 1. The van der Waals surface area contributed by atoms with Gasteiger partial charge in [-0.25, -0.2) is 4.39 Å². The molecule has 2 unspecified atom stereocenters. The van der Waals surface area contributed by atoms with Crippen LogP contribution in [0.5, 0.6) is 0 Å². The number of hydrogen-bond donors (Lipinski definition) is 2. The summed E-state index contributed by atoms with van der Waals surface area (Å²) in [7, 11) is 0. The predicted molar refractivity (Wildman–Crippen MR) is 69.1 cm³/mol. The summed E-state index contributed by atoms with van der Waals surface area (Å²) in [6.07, 6.45) is 0.265. The molecule has 1 saturated carbocycles. The average Bonchev–Trinajstić information content (AvgIpc) is 2.74. The Kier molecular flexibility index (Phi) is 3.88. The van der Waals surface area contributed by atoms with E-state index in [0.29, 0.717) is 17.9 Å². The smallest absolute Gasteiger partial charge is 0.224 e. The summed E-state index contributed by atoms with van der Waals surface area (Å²) in [5.41, 5.74) is 0.728. The summed E-state index contributed by atoms with van der Waals surface area (Å²) in [6, 6.07) is 6.55. The van der Waals surface area contributed by atoms with Crippen molar-refractivity contribution in [3.63, 3.8) is 0 Å². The molecule has 1 aromatic rings. The lowest BCUT2D eigenvalue weighted by Gasteiger charge is -2.07. The lowest BCUT2D eigenvalue weighted by Crippen LogP contribution is -2.33. The maximum Gasteiger partial charge on any atom is 0.224 e. The van der Waals surface area contributed by atoms with E-state index in [2.05, 4.69) is 10.6 Å². The van der Waals surface area contributed by atoms with E-state index in [1.165, 1.54) is 12.1 Å². The van der Waals surface area contributed by atoms with Crippen LogP contribution in [0.4, 0.5) is 4.39 Å². The molecule has 1 aliphatic heterocycles. The van der Waals surface area contributed by atoms with Gasteiger partial charge in [-0.1, -0.05) is 12.1 Å². The summed E-state index contributed by atoms with van der Waals surface area (Å²) in [5.74, 6) is 0.940. The van der Waals surface area contributed by atoms with Crippen LogP contribution in [-0.4, -0.2) is 25.0 Å². The SMILES string of the molecule is Cl.O=C(Cc1cccc(F)c1)NC1C2CNCC21. The first-order chi connectivity index (χ1) is 8.24. The topological polar surface area (TPSA) is 41.1 Å². The molecular weight excluding hydrogens is 255 g/mol. The molecule has 5 heteroatoms. The second-order valence-corrected chi connectivity index (χ2v) is 4.89. The van der Waals surface area contributed by atoms with Crippen LogP contribution in [0.25, 0.3) is 0 Å². The Labute approximate surface area is 112 Å². The van der Waals surface area contributed by atoms with Crippen molar-refractivity contribution in [2.75, 3.05) is 13.1 Å². The van der Waals surface area contributed by atoms with Crippen LogP contribution < -0.4 is 10.6 Å². The molecule has 2 atom stereocenters. The van der Waals surface area contributed by atoms with Crippen molar-refractivity contribution in [2.45, 2.75) is 12.5 Å². The molecule has 0 spiro atoms. The minimum Gasteiger partial charge on any atom is -0.352 e. The van der Waals surface area contributed by atoms with E-state index in [1.54, 1.807) is 12.1 Å². The second kappa shape index (κ2) is 5.24. The number of rotatable bonds is 3. The number of benzene rings is 1. The van der Waals surface area contributed by atoms with Crippen molar-refractivity contribution >= 4 is 18.3 Å². The molecule has 1 aromatic carbocycles. The van der Waals surface area contributed by atoms with Gasteiger partial charge in [-0.3, -0.25) is 4.79 Å². The lowest BCUT2D eigenvalue weighted by molar-refractivity contribution is -0.120. The van der Waals surface area contributed by atoms with Gasteiger partial charge in [-0.15, -0.1) is 12.4 Å². The Bertz CT molecular complexity index is 444. The zero-order chi connectivity index (χ0) is 11.8. The molecule has 2 fully saturated rings. The van der Waals surface area contributed by atoms with Gasteiger partial charge in [0.15, 0.2) is 0 Å². The molecule has 1 heterocycles. The van der Waals surface area contributed by atoms with Crippen LogP contribution in [0.3, 0.4) is 0 Å². The number of amides is 1. The molecule has 98 valence electrons. The van der Waals surface area contributed by atoms with E-state index in [1.807, 2.05) is 0 Å². The Hall–Kier alpha value is -1.13. The zero-order valence-corrected chi connectivity index (χ0v) is 10.7. The first-order valence-electron chi connectivity index (χ1n) is 5.98. The van der Waals surface area contributed by atoms with E-state index in [-0.39, 0.29) is 30.6 Å². The fourth-order valence-electron chi connectivity index (χ4n) is 2.70. The van der Waals surface area contributed by atoms with Gasteiger partial charge in [0.05, 0.1) is 6.42 Å². The molecule has 1 amide bonds. The number of halogens is 2. The van der Waals surface area contributed by atoms with Crippen molar-refractivity contribution < 1.29 is 9.18 Å². The Balaban J connectivity index is 0.00000120. The zero-order valence-electron chi connectivity index (χ0n) is 9.86. The van der Waals surface area contributed by atoms with Crippen LogP contribution in [0.1, 0.15) is 5.56 Å². The summed E-state index contributed by atoms with van der Waals surface area (Å²) < 4.78 is 12.9. The number of nitrogens with one attached hydrogen (secondary N) is 2. The molecule has 2 aliphatic rings. The average molecular weight is 271 g/mol. The molecule has 1 aliphatic carbocycles. The Morgan fingerprint density at radius 1 is 1.39 bits per heavy atom. The summed E-state index contributed by atoms with van der Waals surface area (Å²) in [5, 5.41) is 6.30. The predicted octanol–water partition coefficient (Wildman–Crippen LogP) is 1.12. The van der Waals surface area contributed by atoms with Crippen LogP contribution in [0, 0.1) is 17.7 Å². The van der Waals surface area contributed by atoms with Gasteiger partial charge in [0.1, 0.15) is 5.82 Å². The maximum absolute atomic E-state index is 12.9. The van der Waals surface area contributed by atoms with E-state index in [4.69, 9.17) is 0 Å². The number of carbonyl (C=O) groups is 1. The van der Waals surface area contributed by atoms with Crippen LogP contribution in [-0.2, 0) is 11.2 Å². The molecule has 0 aromatic heterocycles. The van der Waals surface area contributed by atoms with Gasteiger partial charge in [0, 0.05) is 19.1 Å². The molecule has 1 saturated heterocycles. The molecule has 3 nitrogen and oxygen atoms in total. The van der Waals surface area contributed by atoms with Gasteiger partial charge in [0.2, 0.25) is 5.91 Å². The molecule has 2 N–H and O–H groups in total. The summed E-state index contributed by atoms with van der Waals surface area (Å²) in [6.45, 7) is 2.02. The highest BCUT2D eigenvalue weighted by Gasteiger charge is 2.53. The van der Waals surface area contributed by atoms with Gasteiger partial charge in [-0.2, -0.15) is 0 Å². The van der Waals surface area contributed by atoms with Crippen LogP contribution in [0.2, 0.25) is 0 Å². The molecular formula is C13H16ClFN2O. The third-order valence-corrected chi connectivity index (χ3v) is 3.67. The monoisotopic (exact) mass is 270 g/mol. The maximum atomic E-state index is 12.9. The van der Waals surface area contributed by atoms with Crippen LogP contribution in [0.15, 0.2) is 24.3 Å². The van der Waals surface area contributed by atoms with Crippen molar-refractivity contribution in [2.24, 2.45) is 11.8 Å². The molecule has 3 rings (SSSR count). The fourth-order valence-corrected chi connectivity index (χ4v) is 2.70. The van der Waals surface area contributed by atoms with Gasteiger partial charge in [0.25, 0.3) is 0 Å². The van der Waals surface area contributed by atoms with Crippen LogP contribution >= 0.6 is 12.4 Å². The van der Waals surface area contributed by atoms with E-state index in [0.717, 1.165) is 18.7 Å². The van der Waals surface area contributed by atoms with Crippen molar-refractivity contribution in [1.82, 2.24) is 10.6 Å². The number of fused-ring (bicyclic) bond motifs is 1. The molecule has 0 bridgehead atoms. The largest absolute Gasteiger partial charge is 0.352 e. The third kappa shape index (κ3) is 2.65. The Morgan fingerprint density at radius 2 is 2.11 bits per heavy atom. The summed E-state index contributed by atoms with van der Waals surface area (Å²) in [4.78, 5) is 11.8. The van der Waals surface area contributed by atoms with Crippen molar-refractivity contribution in [1.29, 1.82) is 0 Å². The highest BCUT2D eigenvalue weighted by molar-refractivity contribution is 5.85. The van der Waals surface area contributed by atoms with Gasteiger partial charge < -0.3 is 10.6 Å². The molecule has 0 radical (unpaired) electrons. The van der Waals surface area contributed by atoms with E-state index < -0.39 is 0 Å².